The van der Waals surface area contributed by atoms with Crippen LogP contribution in [-0.4, -0.2) is 92.6 Å². The number of carbonyl (C=O) groups is 3. The second-order valence-electron chi connectivity index (χ2n) is 12.5. The van der Waals surface area contributed by atoms with Crippen molar-refractivity contribution in [1.29, 1.82) is 0 Å². The number of rotatable bonds is 6. The van der Waals surface area contributed by atoms with E-state index in [9.17, 15) is 19.5 Å². The third-order valence-corrected chi connectivity index (χ3v) is 8.80. The van der Waals surface area contributed by atoms with Crippen LogP contribution in [0.15, 0.2) is 54.6 Å². The number of benzene rings is 1. The van der Waals surface area contributed by atoms with Crippen LogP contribution in [0.1, 0.15) is 46.6 Å². The molecule has 0 aliphatic carbocycles. The maximum Gasteiger partial charge on any atom is 0.249 e. The number of amides is 3. The van der Waals surface area contributed by atoms with E-state index in [0.29, 0.717) is 26.1 Å². The number of likely N-dealkylation sites (tertiary alicyclic amines) is 1. The van der Waals surface area contributed by atoms with Gasteiger partial charge in [-0.1, -0.05) is 61.6 Å². The van der Waals surface area contributed by atoms with Crippen LogP contribution < -0.4 is 0 Å². The lowest BCUT2D eigenvalue weighted by Crippen LogP contribution is -2.61. The van der Waals surface area contributed by atoms with Gasteiger partial charge in [0.05, 0.1) is 30.1 Å². The average molecular weight is 536 g/mol. The lowest BCUT2D eigenvalue weighted by Gasteiger charge is -2.43. The molecule has 2 fully saturated rings. The number of aliphatic hydroxyl groups excluding tert-OH is 1. The summed E-state index contributed by atoms with van der Waals surface area (Å²) in [7, 11) is 0. The van der Waals surface area contributed by atoms with Crippen LogP contribution >= 0.6 is 0 Å². The molecule has 0 bridgehead atoms. The van der Waals surface area contributed by atoms with Gasteiger partial charge in [0.15, 0.2) is 0 Å². The van der Waals surface area contributed by atoms with E-state index >= 15 is 0 Å². The first-order chi connectivity index (χ1) is 18.5. The molecular formula is C31H41N3O5. The van der Waals surface area contributed by atoms with Gasteiger partial charge in [0.1, 0.15) is 11.6 Å². The predicted octanol–water partition coefficient (Wildman–Crippen LogP) is 2.57. The summed E-state index contributed by atoms with van der Waals surface area (Å²) in [5.41, 5.74) is -1.92. The highest BCUT2D eigenvalue weighted by atomic mass is 16.5. The van der Waals surface area contributed by atoms with Crippen LogP contribution in [0, 0.1) is 11.8 Å². The minimum absolute atomic E-state index is 0.124. The van der Waals surface area contributed by atoms with Crippen molar-refractivity contribution in [3.05, 3.63) is 60.2 Å². The van der Waals surface area contributed by atoms with Crippen LogP contribution in [0.2, 0.25) is 0 Å². The predicted molar refractivity (Wildman–Crippen MR) is 147 cm³/mol. The van der Waals surface area contributed by atoms with Gasteiger partial charge in [-0.05, 0) is 46.1 Å². The molecular weight excluding hydrogens is 494 g/mol. The van der Waals surface area contributed by atoms with E-state index in [2.05, 4.69) is 0 Å². The van der Waals surface area contributed by atoms with Gasteiger partial charge in [-0.3, -0.25) is 14.4 Å². The van der Waals surface area contributed by atoms with Crippen molar-refractivity contribution >= 4 is 17.7 Å². The highest BCUT2D eigenvalue weighted by Crippen LogP contribution is 2.58. The smallest absolute Gasteiger partial charge is 0.249 e. The first-order valence-electron chi connectivity index (χ1n) is 14.1. The van der Waals surface area contributed by atoms with E-state index < -0.39 is 40.7 Å². The van der Waals surface area contributed by atoms with E-state index in [0.717, 1.165) is 12.0 Å². The number of hydrogen-bond donors (Lipinski definition) is 1. The van der Waals surface area contributed by atoms with Gasteiger partial charge in [0.2, 0.25) is 17.7 Å². The van der Waals surface area contributed by atoms with Crippen LogP contribution in [0.4, 0.5) is 0 Å². The molecule has 1 aromatic carbocycles. The Kier molecular flexibility index (Phi) is 7.00. The summed E-state index contributed by atoms with van der Waals surface area (Å²) in [4.78, 5) is 48.3. The fourth-order valence-corrected chi connectivity index (χ4v) is 7.12. The quantitative estimate of drug-likeness (QED) is 0.566. The number of carbonyl (C=O) groups excluding carboxylic acids is 3. The number of ether oxygens (including phenoxy) is 1. The SMILES string of the molecule is CCCN1CC=C[C@]2(C)O[C@]34C=CCN(C(C)(C)C)C(=O)C3N([C@@H](CO)Cc3ccccc3)C(=O)[C@@H]4[C@@H]2C1=O. The minimum Gasteiger partial charge on any atom is -0.394 e. The molecule has 8 heteroatoms. The summed E-state index contributed by atoms with van der Waals surface area (Å²) in [5.74, 6) is -2.32. The van der Waals surface area contributed by atoms with Crippen molar-refractivity contribution in [2.24, 2.45) is 11.8 Å². The molecule has 1 unspecified atom stereocenters. The van der Waals surface area contributed by atoms with E-state index in [-0.39, 0.29) is 24.3 Å². The van der Waals surface area contributed by atoms with Crippen molar-refractivity contribution in [3.8, 4) is 0 Å². The highest BCUT2D eigenvalue weighted by Gasteiger charge is 2.75. The molecule has 39 heavy (non-hydrogen) atoms. The third kappa shape index (κ3) is 4.32. The van der Waals surface area contributed by atoms with Gasteiger partial charge < -0.3 is 24.5 Å². The fourth-order valence-electron chi connectivity index (χ4n) is 7.12. The lowest BCUT2D eigenvalue weighted by molar-refractivity contribution is -0.158. The van der Waals surface area contributed by atoms with Gasteiger partial charge in [-0.15, -0.1) is 0 Å². The first kappa shape index (κ1) is 27.6. The summed E-state index contributed by atoms with van der Waals surface area (Å²) in [5, 5.41) is 10.6. The van der Waals surface area contributed by atoms with Crippen LogP contribution in [-0.2, 0) is 25.5 Å². The monoisotopic (exact) mass is 535 g/mol. The second-order valence-corrected chi connectivity index (χ2v) is 12.5. The summed E-state index contributed by atoms with van der Waals surface area (Å²) in [6.07, 6.45) is 8.80. The molecule has 3 amide bonds. The van der Waals surface area contributed by atoms with Gasteiger partial charge >= 0.3 is 0 Å². The Balaban J connectivity index is 1.66. The van der Waals surface area contributed by atoms with E-state index in [1.54, 1.807) is 14.7 Å². The van der Waals surface area contributed by atoms with E-state index in [1.807, 2.05) is 89.3 Å². The van der Waals surface area contributed by atoms with Crippen molar-refractivity contribution in [3.63, 3.8) is 0 Å². The molecule has 1 N–H and O–H groups in total. The molecule has 0 aromatic heterocycles. The minimum atomic E-state index is -1.33. The van der Waals surface area contributed by atoms with Gasteiger partial charge in [-0.25, -0.2) is 0 Å². The average Bonchev–Trinajstić information content (AvgIpc) is 3.16. The van der Waals surface area contributed by atoms with Crippen molar-refractivity contribution in [1.82, 2.24) is 14.7 Å². The van der Waals surface area contributed by atoms with Crippen molar-refractivity contribution < 1.29 is 24.2 Å². The number of hydrogen-bond acceptors (Lipinski definition) is 5. The number of fused-ring (bicyclic) bond motifs is 2. The summed E-state index contributed by atoms with van der Waals surface area (Å²) in [6.45, 7) is 10.9. The highest BCUT2D eigenvalue weighted by molar-refractivity contribution is 6.00. The molecule has 6 atom stereocenters. The first-order valence-corrected chi connectivity index (χ1v) is 14.1. The standard InChI is InChI=1S/C31H41N3O5/c1-6-16-32-17-10-14-30(5)23(26(32)36)24-27(37)34(22(20-35)19-21-12-8-7-9-13-21)25-28(38)33(29(2,3)4)18-11-15-31(24,25)39-30/h7-15,22-25,35H,6,16-20H2,1-5H3/t22-,23-,24+,25?,30+,31+/m1/s1. The third-order valence-electron chi connectivity index (χ3n) is 8.80. The van der Waals surface area contributed by atoms with Crippen LogP contribution in [0.3, 0.4) is 0 Å². The van der Waals surface area contributed by atoms with Crippen molar-refractivity contribution in [2.45, 2.75) is 76.3 Å². The topological polar surface area (TPSA) is 90.4 Å². The zero-order valence-corrected chi connectivity index (χ0v) is 23.7. The molecule has 0 saturated carbocycles. The molecule has 5 rings (SSSR count). The zero-order chi connectivity index (χ0) is 28.2. The Morgan fingerprint density at radius 1 is 1.00 bits per heavy atom. The zero-order valence-electron chi connectivity index (χ0n) is 23.7. The molecule has 1 aromatic rings. The maximum absolute atomic E-state index is 14.6. The Morgan fingerprint density at radius 3 is 2.33 bits per heavy atom. The fraction of sp³-hybridized carbons (Fsp3) is 0.581. The summed E-state index contributed by atoms with van der Waals surface area (Å²) < 4.78 is 6.89. The van der Waals surface area contributed by atoms with Crippen molar-refractivity contribution in [2.75, 3.05) is 26.2 Å². The largest absolute Gasteiger partial charge is 0.394 e. The molecule has 210 valence electrons. The molecule has 4 heterocycles. The van der Waals surface area contributed by atoms with E-state index in [4.69, 9.17) is 4.74 Å². The van der Waals surface area contributed by atoms with Gasteiger partial charge in [0, 0.05) is 25.2 Å². The molecule has 2 saturated heterocycles. The number of aliphatic hydroxyl groups is 1. The molecule has 1 spiro atoms. The second kappa shape index (κ2) is 9.89. The van der Waals surface area contributed by atoms with Gasteiger partial charge in [-0.2, -0.15) is 0 Å². The maximum atomic E-state index is 14.6. The van der Waals surface area contributed by atoms with Crippen LogP contribution in [0.5, 0.6) is 0 Å². The normalized spacial score (nSPS) is 33.1. The Morgan fingerprint density at radius 2 is 1.69 bits per heavy atom. The Hall–Kier alpha value is -2.97. The van der Waals surface area contributed by atoms with Gasteiger partial charge in [0.25, 0.3) is 0 Å². The lowest BCUT2D eigenvalue weighted by atomic mass is 9.74. The molecule has 4 aliphatic heterocycles. The van der Waals surface area contributed by atoms with E-state index in [1.165, 1.54) is 0 Å². The van der Waals surface area contributed by atoms with Crippen LogP contribution in [0.25, 0.3) is 0 Å². The molecule has 0 radical (unpaired) electrons. The molecule has 8 nitrogen and oxygen atoms in total. The Labute approximate surface area is 231 Å². The summed E-state index contributed by atoms with van der Waals surface area (Å²) in [6, 6.07) is 8.00. The number of nitrogens with zero attached hydrogens (tertiary/aromatic N) is 3. The Bertz CT molecular complexity index is 1190. The molecule has 4 aliphatic rings. The summed E-state index contributed by atoms with van der Waals surface area (Å²) >= 11 is 0.